The summed E-state index contributed by atoms with van der Waals surface area (Å²) in [6.45, 7) is 5.51. The van der Waals surface area contributed by atoms with E-state index in [1.54, 1.807) is 13.3 Å². The van der Waals surface area contributed by atoms with Gasteiger partial charge >= 0.3 is 0 Å². The minimum Gasteiger partial charge on any atom is -0.416 e. The Hall–Kier alpha value is -2.36. The van der Waals surface area contributed by atoms with Crippen molar-refractivity contribution in [1.29, 1.82) is 0 Å². The van der Waals surface area contributed by atoms with Crippen LogP contribution >= 0.6 is 11.8 Å². The molecular formula is C18H24N6O3S. The molecule has 1 spiro atoms. The molecule has 2 aromatic rings. The number of carbonyl (C=O) groups is 2. The molecule has 2 aliphatic rings. The van der Waals surface area contributed by atoms with Gasteiger partial charge in [0.2, 0.25) is 17.7 Å². The number of amides is 2. The van der Waals surface area contributed by atoms with Crippen molar-refractivity contribution in [3.8, 4) is 0 Å². The maximum absolute atomic E-state index is 12.6. The first-order valence-electron chi connectivity index (χ1n) is 9.57. The highest BCUT2D eigenvalue weighted by Crippen LogP contribution is 2.42. The fourth-order valence-corrected chi connectivity index (χ4v) is 4.92. The lowest BCUT2D eigenvalue weighted by molar-refractivity contribution is -0.143. The second kappa shape index (κ2) is 7.57. The Bertz CT molecular complexity index is 870. The molecule has 2 amide bonds. The van der Waals surface area contributed by atoms with Crippen molar-refractivity contribution in [3.05, 3.63) is 23.6 Å². The molecule has 1 N–H and O–H groups in total. The zero-order valence-electron chi connectivity index (χ0n) is 16.1. The Balaban J connectivity index is 1.45. The largest absolute Gasteiger partial charge is 0.416 e. The van der Waals surface area contributed by atoms with Gasteiger partial charge in [0.15, 0.2) is 0 Å². The molecule has 2 aromatic heterocycles. The average Bonchev–Trinajstić information content (AvgIpc) is 3.36. The van der Waals surface area contributed by atoms with E-state index < -0.39 is 5.54 Å². The minimum absolute atomic E-state index is 0.0436. The smallest absolute Gasteiger partial charge is 0.277 e. The molecule has 0 radical (unpaired) electrons. The van der Waals surface area contributed by atoms with Gasteiger partial charge in [-0.1, -0.05) is 18.7 Å². The number of likely N-dealkylation sites (tertiary alicyclic amines) is 1. The van der Waals surface area contributed by atoms with Gasteiger partial charge < -0.3 is 19.2 Å². The monoisotopic (exact) mass is 404 g/mol. The zero-order chi connectivity index (χ0) is 19.7. The van der Waals surface area contributed by atoms with Gasteiger partial charge in [-0.05, 0) is 12.8 Å². The molecule has 0 saturated carbocycles. The summed E-state index contributed by atoms with van der Waals surface area (Å²) >= 11 is 1.26. The van der Waals surface area contributed by atoms with Crippen molar-refractivity contribution in [1.82, 2.24) is 30.0 Å². The van der Waals surface area contributed by atoms with Crippen molar-refractivity contribution in [2.75, 3.05) is 25.4 Å². The lowest BCUT2D eigenvalue weighted by Gasteiger charge is -2.50. The standard InChI is InChI=1S/C18H24N6O3S/c1-3-14(25)24-7-4-13-16(20-11-19-13)18(24)5-8-23(9-6-18)15(26)10-28-17-22-21-12(2)27-17/h11H,3-10H2,1-2H3,(H,19,20). The molecule has 4 heterocycles. The first-order chi connectivity index (χ1) is 13.5. The van der Waals surface area contributed by atoms with E-state index in [9.17, 15) is 9.59 Å². The molecule has 4 rings (SSSR count). The van der Waals surface area contributed by atoms with Crippen molar-refractivity contribution < 1.29 is 14.0 Å². The lowest BCUT2D eigenvalue weighted by Crippen LogP contribution is -2.59. The Kier molecular flexibility index (Phi) is 5.13. The predicted octanol–water partition coefficient (Wildman–Crippen LogP) is 1.51. The molecule has 28 heavy (non-hydrogen) atoms. The summed E-state index contributed by atoms with van der Waals surface area (Å²) in [5.74, 6) is 0.945. The highest BCUT2D eigenvalue weighted by molar-refractivity contribution is 7.99. The Morgan fingerprint density at radius 1 is 1.25 bits per heavy atom. The number of imidazole rings is 1. The van der Waals surface area contributed by atoms with Gasteiger partial charge in [-0.2, -0.15) is 0 Å². The summed E-state index contributed by atoms with van der Waals surface area (Å²) in [6.07, 6.45) is 4.39. The topological polar surface area (TPSA) is 108 Å². The molecule has 0 bridgehead atoms. The third-order valence-corrected chi connectivity index (χ3v) is 6.44. The molecule has 0 aliphatic carbocycles. The number of nitrogens with one attached hydrogen (secondary N) is 1. The number of carbonyl (C=O) groups excluding carboxylic acids is 2. The summed E-state index contributed by atoms with van der Waals surface area (Å²) in [6, 6.07) is 0. The van der Waals surface area contributed by atoms with E-state index in [1.807, 2.05) is 16.7 Å². The first-order valence-corrected chi connectivity index (χ1v) is 10.6. The zero-order valence-corrected chi connectivity index (χ0v) is 16.9. The molecular weight excluding hydrogens is 380 g/mol. The summed E-state index contributed by atoms with van der Waals surface area (Å²) in [5.41, 5.74) is 1.68. The maximum Gasteiger partial charge on any atom is 0.277 e. The normalized spacial score (nSPS) is 18.4. The van der Waals surface area contributed by atoms with Crippen LogP contribution in [0.5, 0.6) is 0 Å². The molecule has 0 unspecified atom stereocenters. The molecule has 2 aliphatic heterocycles. The fourth-order valence-electron chi connectivity index (χ4n) is 4.22. The van der Waals surface area contributed by atoms with Crippen LogP contribution in [-0.2, 0) is 21.5 Å². The molecule has 1 fully saturated rings. The van der Waals surface area contributed by atoms with Crippen LogP contribution in [-0.4, -0.2) is 67.2 Å². The van der Waals surface area contributed by atoms with E-state index in [-0.39, 0.29) is 17.6 Å². The number of fused-ring (bicyclic) bond motifs is 2. The van der Waals surface area contributed by atoms with Crippen LogP contribution in [0.2, 0.25) is 0 Å². The maximum atomic E-state index is 12.6. The molecule has 9 nitrogen and oxygen atoms in total. The molecule has 10 heteroatoms. The second-order valence-corrected chi connectivity index (χ2v) is 8.09. The van der Waals surface area contributed by atoms with E-state index in [2.05, 4.69) is 20.2 Å². The fraction of sp³-hybridized carbons (Fsp3) is 0.611. The quantitative estimate of drug-likeness (QED) is 0.769. The van der Waals surface area contributed by atoms with Crippen LogP contribution in [0.4, 0.5) is 0 Å². The number of aromatic amines is 1. The van der Waals surface area contributed by atoms with Crippen LogP contribution in [0.3, 0.4) is 0 Å². The number of aromatic nitrogens is 4. The van der Waals surface area contributed by atoms with Gasteiger partial charge in [0.1, 0.15) is 0 Å². The van der Waals surface area contributed by atoms with Gasteiger partial charge in [0.25, 0.3) is 5.22 Å². The molecule has 1 saturated heterocycles. The number of hydrogen-bond donors (Lipinski definition) is 1. The van der Waals surface area contributed by atoms with Crippen LogP contribution in [0, 0.1) is 6.92 Å². The van der Waals surface area contributed by atoms with E-state index in [0.29, 0.717) is 50.0 Å². The minimum atomic E-state index is -0.409. The van der Waals surface area contributed by atoms with Crippen LogP contribution < -0.4 is 0 Å². The number of thioether (sulfide) groups is 1. The van der Waals surface area contributed by atoms with E-state index in [4.69, 9.17) is 4.42 Å². The van der Waals surface area contributed by atoms with Gasteiger partial charge in [-0.25, -0.2) is 4.98 Å². The van der Waals surface area contributed by atoms with Crippen molar-refractivity contribution in [2.24, 2.45) is 0 Å². The number of piperidine rings is 1. The van der Waals surface area contributed by atoms with Crippen molar-refractivity contribution >= 4 is 23.6 Å². The predicted molar refractivity (Wildman–Crippen MR) is 102 cm³/mol. The van der Waals surface area contributed by atoms with Crippen LogP contribution in [0.15, 0.2) is 16.0 Å². The Morgan fingerprint density at radius 2 is 2.04 bits per heavy atom. The number of hydrogen-bond acceptors (Lipinski definition) is 7. The first kappa shape index (κ1) is 19.0. The van der Waals surface area contributed by atoms with Gasteiger partial charge in [-0.15, -0.1) is 10.2 Å². The Morgan fingerprint density at radius 3 is 2.71 bits per heavy atom. The van der Waals surface area contributed by atoms with Gasteiger partial charge in [0, 0.05) is 45.1 Å². The number of rotatable bonds is 4. The highest BCUT2D eigenvalue weighted by Gasteiger charge is 2.48. The van der Waals surface area contributed by atoms with E-state index in [1.165, 1.54) is 11.8 Å². The second-order valence-electron chi connectivity index (χ2n) is 7.17. The summed E-state index contributed by atoms with van der Waals surface area (Å²) in [5, 5.41) is 8.09. The van der Waals surface area contributed by atoms with E-state index in [0.717, 1.165) is 17.8 Å². The van der Waals surface area contributed by atoms with Crippen LogP contribution in [0.25, 0.3) is 0 Å². The summed E-state index contributed by atoms with van der Waals surface area (Å²) in [4.78, 5) is 36.9. The van der Waals surface area contributed by atoms with Crippen molar-refractivity contribution in [2.45, 2.75) is 50.3 Å². The molecule has 150 valence electrons. The number of H-pyrrole nitrogens is 1. The third-order valence-electron chi connectivity index (χ3n) is 5.63. The van der Waals surface area contributed by atoms with Crippen molar-refractivity contribution in [3.63, 3.8) is 0 Å². The lowest BCUT2D eigenvalue weighted by atomic mass is 9.78. The van der Waals surface area contributed by atoms with E-state index >= 15 is 0 Å². The Labute approximate surface area is 167 Å². The highest BCUT2D eigenvalue weighted by atomic mass is 32.2. The van der Waals surface area contributed by atoms with Gasteiger partial charge in [-0.3, -0.25) is 9.59 Å². The van der Waals surface area contributed by atoms with Crippen LogP contribution in [0.1, 0.15) is 43.5 Å². The number of nitrogens with zero attached hydrogens (tertiary/aromatic N) is 5. The SMILES string of the molecule is CCC(=O)N1CCc2[nH]cnc2C12CCN(C(=O)CSc1nnc(C)o1)CC2. The number of aryl methyl sites for hydroxylation is 1. The molecule has 0 atom stereocenters. The third kappa shape index (κ3) is 3.30. The average molecular weight is 404 g/mol. The summed E-state index contributed by atoms with van der Waals surface area (Å²) < 4.78 is 5.31. The van der Waals surface area contributed by atoms with Gasteiger partial charge in [0.05, 0.1) is 23.3 Å². The summed E-state index contributed by atoms with van der Waals surface area (Å²) in [7, 11) is 0. The molecule has 0 aromatic carbocycles.